The molecule has 1 aliphatic carbocycles. The van der Waals surface area contributed by atoms with Gasteiger partial charge in [0.1, 0.15) is 11.6 Å². The maximum absolute atomic E-state index is 14.2. The van der Waals surface area contributed by atoms with Gasteiger partial charge in [-0.05, 0) is 69.9 Å². The Morgan fingerprint density at radius 1 is 1.25 bits per heavy atom. The standard InChI is InChI=1S/C16H22F2N2/c1-19-10-11-3-2-8-20(13-5-6-13)16(11)14-9-12(17)4-7-15(14)18/h4,7,9,11,13,16,19H,2-3,5-6,8,10H2,1H3. The molecule has 3 rings (SSSR count). The molecule has 2 atom stereocenters. The lowest BCUT2D eigenvalue weighted by Gasteiger charge is -2.42. The molecule has 1 saturated carbocycles. The molecule has 1 aromatic carbocycles. The van der Waals surface area contributed by atoms with Crippen LogP contribution in [0.4, 0.5) is 8.78 Å². The molecule has 20 heavy (non-hydrogen) atoms. The number of nitrogens with zero attached hydrogens (tertiary/aromatic N) is 1. The van der Waals surface area contributed by atoms with Crippen LogP contribution >= 0.6 is 0 Å². The number of nitrogens with one attached hydrogen (secondary N) is 1. The van der Waals surface area contributed by atoms with E-state index in [1.165, 1.54) is 31.0 Å². The number of piperidine rings is 1. The Morgan fingerprint density at radius 3 is 2.75 bits per heavy atom. The van der Waals surface area contributed by atoms with Crippen LogP contribution in [-0.4, -0.2) is 31.1 Å². The lowest BCUT2D eigenvalue weighted by atomic mass is 9.84. The first-order valence-electron chi connectivity index (χ1n) is 7.56. The predicted octanol–water partition coefficient (Wildman–Crippen LogP) is 3.10. The number of rotatable bonds is 4. The average molecular weight is 280 g/mol. The summed E-state index contributed by atoms with van der Waals surface area (Å²) >= 11 is 0. The van der Waals surface area contributed by atoms with Crippen molar-refractivity contribution in [3.8, 4) is 0 Å². The second-order valence-electron chi connectivity index (χ2n) is 6.04. The third-order valence-electron chi connectivity index (χ3n) is 4.55. The fourth-order valence-corrected chi connectivity index (χ4v) is 3.57. The zero-order chi connectivity index (χ0) is 14.1. The van der Waals surface area contributed by atoms with Crippen LogP contribution in [0, 0.1) is 17.6 Å². The van der Waals surface area contributed by atoms with Crippen LogP contribution in [0.3, 0.4) is 0 Å². The van der Waals surface area contributed by atoms with Gasteiger partial charge in [-0.15, -0.1) is 0 Å². The van der Waals surface area contributed by atoms with Crippen LogP contribution in [0.25, 0.3) is 0 Å². The molecule has 110 valence electrons. The fourth-order valence-electron chi connectivity index (χ4n) is 3.57. The molecular weight excluding hydrogens is 258 g/mol. The largest absolute Gasteiger partial charge is 0.319 e. The Bertz CT molecular complexity index is 472. The van der Waals surface area contributed by atoms with Crippen molar-refractivity contribution in [2.24, 2.45) is 5.92 Å². The number of benzene rings is 1. The summed E-state index contributed by atoms with van der Waals surface area (Å²) in [6.45, 7) is 1.86. The first-order valence-corrected chi connectivity index (χ1v) is 7.56. The number of halogens is 2. The first kappa shape index (κ1) is 14.0. The lowest BCUT2D eigenvalue weighted by Crippen LogP contribution is -2.43. The Kier molecular flexibility index (Phi) is 4.03. The number of likely N-dealkylation sites (tertiary alicyclic amines) is 1. The normalized spacial score (nSPS) is 27.8. The van der Waals surface area contributed by atoms with E-state index in [4.69, 9.17) is 0 Å². The van der Waals surface area contributed by atoms with Gasteiger partial charge in [-0.2, -0.15) is 0 Å². The molecule has 1 heterocycles. The third-order valence-corrected chi connectivity index (χ3v) is 4.55. The van der Waals surface area contributed by atoms with Gasteiger partial charge in [-0.3, -0.25) is 4.90 Å². The zero-order valence-electron chi connectivity index (χ0n) is 11.9. The quantitative estimate of drug-likeness (QED) is 0.911. The maximum atomic E-state index is 14.2. The van der Waals surface area contributed by atoms with Crippen molar-refractivity contribution < 1.29 is 8.78 Å². The molecule has 0 bridgehead atoms. The van der Waals surface area contributed by atoms with Crippen LogP contribution in [-0.2, 0) is 0 Å². The molecule has 1 aromatic rings. The smallest absolute Gasteiger partial charge is 0.128 e. The Labute approximate surface area is 119 Å². The van der Waals surface area contributed by atoms with E-state index in [2.05, 4.69) is 10.2 Å². The van der Waals surface area contributed by atoms with Crippen LogP contribution in [0.15, 0.2) is 18.2 Å². The van der Waals surface area contributed by atoms with Crippen molar-refractivity contribution >= 4 is 0 Å². The summed E-state index contributed by atoms with van der Waals surface area (Å²) in [6.07, 6.45) is 4.61. The van der Waals surface area contributed by atoms with Crippen molar-refractivity contribution in [1.29, 1.82) is 0 Å². The van der Waals surface area contributed by atoms with Crippen LogP contribution < -0.4 is 5.32 Å². The van der Waals surface area contributed by atoms with E-state index in [1.807, 2.05) is 7.05 Å². The van der Waals surface area contributed by atoms with Gasteiger partial charge >= 0.3 is 0 Å². The van der Waals surface area contributed by atoms with Gasteiger partial charge in [0, 0.05) is 17.6 Å². The molecule has 2 unspecified atom stereocenters. The van der Waals surface area contributed by atoms with Crippen molar-refractivity contribution in [2.75, 3.05) is 20.1 Å². The molecule has 1 saturated heterocycles. The predicted molar refractivity (Wildman–Crippen MR) is 75.5 cm³/mol. The molecule has 0 aromatic heterocycles. The van der Waals surface area contributed by atoms with E-state index < -0.39 is 0 Å². The number of hydrogen-bond donors (Lipinski definition) is 1. The second kappa shape index (κ2) is 5.78. The third kappa shape index (κ3) is 2.72. The van der Waals surface area contributed by atoms with E-state index in [0.717, 1.165) is 25.9 Å². The molecule has 1 aliphatic heterocycles. The van der Waals surface area contributed by atoms with Gasteiger partial charge in [-0.1, -0.05) is 0 Å². The van der Waals surface area contributed by atoms with Crippen molar-refractivity contribution in [3.63, 3.8) is 0 Å². The van der Waals surface area contributed by atoms with Crippen molar-refractivity contribution in [3.05, 3.63) is 35.4 Å². The first-order chi connectivity index (χ1) is 9.70. The van der Waals surface area contributed by atoms with Gasteiger partial charge in [0.05, 0.1) is 0 Å². The summed E-state index contributed by atoms with van der Waals surface area (Å²) in [5, 5.41) is 3.21. The Balaban J connectivity index is 1.95. The fraction of sp³-hybridized carbons (Fsp3) is 0.625. The summed E-state index contributed by atoms with van der Waals surface area (Å²) < 4.78 is 27.8. The van der Waals surface area contributed by atoms with Crippen LogP contribution in [0.1, 0.15) is 37.3 Å². The molecule has 2 fully saturated rings. The maximum Gasteiger partial charge on any atom is 0.128 e. The summed E-state index contributed by atoms with van der Waals surface area (Å²) in [6, 6.07) is 4.45. The SMILES string of the molecule is CNCC1CCCN(C2CC2)C1c1cc(F)ccc1F. The van der Waals surface area contributed by atoms with Crippen LogP contribution in [0.5, 0.6) is 0 Å². The molecule has 4 heteroatoms. The van der Waals surface area contributed by atoms with E-state index in [1.54, 1.807) is 0 Å². The molecule has 0 amide bonds. The highest BCUT2D eigenvalue weighted by atomic mass is 19.1. The van der Waals surface area contributed by atoms with Gasteiger partial charge in [0.15, 0.2) is 0 Å². The average Bonchev–Trinajstić information content (AvgIpc) is 3.26. The summed E-state index contributed by atoms with van der Waals surface area (Å²) in [4.78, 5) is 2.41. The Morgan fingerprint density at radius 2 is 2.05 bits per heavy atom. The summed E-state index contributed by atoms with van der Waals surface area (Å²) in [5.41, 5.74) is 0.539. The molecule has 2 nitrogen and oxygen atoms in total. The number of hydrogen-bond acceptors (Lipinski definition) is 2. The molecule has 0 spiro atoms. The van der Waals surface area contributed by atoms with Gasteiger partial charge in [0.2, 0.25) is 0 Å². The van der Waals surface area contributed by atoms with Crippen molar-refractivity contribution in [1.82, 2.24) is 10.2 Å². The van der Waals surface area contributed by atoms with Crippen molar-refractivity contribution in [2.45, 2.75) is 37.8 Å². The van der Waals surface area contributed by atoms with Crippen LogP contribution in [0.2, 0.25) is 0 Å². The summed E-state index contributed by atoms with van der Waals surface area (Å²) in [5.74, 6) is -0.262. The molecule has 0 radical (unpaired) electrons. The van der Waals surface area contributed by atoms with Gasteiger partial charge in [0.25, 0.3) is 0 Å². The van der Waals surface area contributed by atoms with Gasteiger partial charge < -0.3 is 5.32 Å². The minimum absolute atomic E-state index is 0.0133. The topological polar surface area (TPSA) is 15.3 Å². The monoisotopic (exact) mass is 280 g/mol. The summed E-state index contributed by atoms with van der Waals surface area (Å²) in [7, 11) is 1.93. The second-order valence-corrected chi connectivity index (χ2v) is 6.04. The Hall–Kier alpha value is -1.00. The zero-order valence-corrected chi connectivity index (χ0v) is 11.9. The van der Waals surface area contributed by atoms with E-state index in [-0.39, 0.29) is 17.7 Å². The minimum Gasteiger partial charge on any atom is -0.319 e. The van der Waals surface area contributed by atoms with Gasteiger partial charge in [-0.25, -0.2) is 8.78 Å². The minimum atomic E-state index is -0.342. The highest BCUT2D eigenvalue weighted by molar-refractivity contribution is 5.24. The molecular formula is C16H22F2N2. The molecule has 2 aliphatic rings. The van der Waals surface area contributed by atoms with E-state index >= 15 is 0 Å². The van der Waals surface area contributed by atoms with E-state index in [0.29, 0.717) is 17.5 Å². The highest BCUT2D eigenvalue weighted by Crippen LogP contribution is 2.43. The van der Waals surface area contributed by atoms with E-state index in [9.17, 15) is 8.78 Å². The molecule has 1 N–H and O–H groups in total. The highest BCUT2D eigenvalue weighted by Gasteiger charge is 2.41. The lowest BCUT2D eigenvalue weighted by molar-refractivity contribution is 0.0817.